The molecular formula is C51H60N8O7. The predicted octanol–water partition coefficient (Wildman–Crippen LogP) is 8.06. The van der Waals surface area contributed by atoms with E-state index >= 15 is 0 Å². The average molecular weight is 897 g/mol. The zero-order valence-electron chi connectivity index (χ0n) is 39.2. The molecule has 4 N–H and O–H groups in total. The van der Waals surface area contributed by atoms with Gasteiger partial charge in [0.25, 0.3) is 17.7 Å². The molecule has 2 aromatic heterocycles. The first-order valence-electron chi connectivity index (χ1n) is 22.1. The van der Waals surface area contributed by atoms with E-state index in [-0.39, 0.29) is 48.2 Å². The summed E-state index contributed by atoms with van der Waals surface area (Å²) in [7, 11) is 8.62. The van der Waals surface area contributed by atoms with Gasteiger partial charge in [0.15, 0.2) is 11.5 Å². The van der Waals surface area contributed by atoms with Crippen LogP contribution < -0.4 is 30.7 Å². The minimum Gasteiger partial charge on any atom is -0.493 e. The van der Waals surface area contributed by atoms with Crippen molar-refractivity contribution >= 4 is 52.5 Å². The van der Waals surface area contributed by atoms with E-state index in [9.17, 15) is 19.2 Å². The van der Waals surface area contributed by atoms with Crippen LogP contribution in [0.15, 0.2) is 96.4 Å². The van der Waals surface area contributed by atoms with Gasteiger partial charge in [0.05, 0.1) is 42.3 Å². The maximum absolute atomic E-state index is 14.0. The standard InChI is InChI=1S/C51H60N8O7/c1-50(2,53-6)20-22-66-51(3,4)36-16-12-32(13-17-36)34-23-39-28-54-41-27-45(44(64-9)26-40(41)49(63)59(39)30-34)65-21-10-11-46(60)55-38-25-43(58(8)31-38)48(62)56-37-18-14-33(15-19-37)35-24-42(47(61)52-5)57(7)29-35/h12-19,24-31,39,53H,10-11,20-23H2,1-9H3,(H,52,61)(H,55,60)(H,56,62). The second kappa shape index (κ2) is 19.6. The molecule has 66 heavy (non-hydrogen) atoms. The predicted molar refractivity (Wildman–Crippen MR) is 258 cm³/mol. The van der Waals surface area contributed by atoms with Crippen LogP contribution in [0.5, 0.6) is 11.5 Å². The lowest BCUT2D eigenvalue weighted by atomic mass is 9.94. The average Bonchev–Trinajstić information content (AvgIpc) is 4.00. The Hall–Kier alpha value is -6.97. The highest BCUT2D eigenvalue weighted by atomic mass is 16.5. The second-order valence-corrected chi connectivity index (χ2v) is 17.8. The Bertz CT molecular complexity index is 2670. The third-order valence-corrected chi connectivity index (χ3v) is 12.3. The van der Waals surface area contributed by atoms with Crippen molar-refractivity contribution in [2.45, 2.75) is 70.6 Å². The number of amides is 4. The van der Waals surface area contributed by atoms with E-state index < -0.39 is 5.60 Å². The zero-order valence-corrected chi connectivity index (χ0v) is 39.2. The summed E-state index contributed by atoms with van der Waals surface area (Å²) in [6, 6.07) is 22.3. The van der Waals surface area contributed by atoms with Crippen LogP contribution in [0.2, 0.25) is 0 Å². The van der Waals surface area contributed by atoms with E-state index in [1.807, 2.05) is 44.7 Å². The molecule has 0 bridgehead atoms. The van der Waals surface area contributed by atoms with Gasteiger partial charge in [0.1, 0.15) is 11.4 Å². The molecule has 4 heterocycles. The fourth-order valence-corrected chi connectivity index (χ4v) is 7.94. The van der Waals surface area contributed by atoms with Gasteiger partial charge in [-0.1, -0.05) is 36.4 Å². The first-order valence-corrected chi connectivity index (χ1v) is 22.1. The smallest absolute Gasteiger partial charge is 0.272 e. The third kappa shape index (κ3) is 10.6. The van der Waals surface area contributed by atoms with Gasteiger partial charge in [-0.05, 0) is 100 Å². The highest BCUT2D eigenvalue weighted by molar-refractivity contribution is 6.06. The molecule has 7 rings (SSSR count). The fraction of sp³-hybridized carbons (Fsp3) is 0.353. The van der Waals surface area contributed by atoms with Gasteiger partial charge < -0.3 is 49.5 Å². The van der Waals surface area contributed by atoms with E-state index in [0.717, 1.165) is 34.2 Å². The van der Waals surface area contributed by atoms with Crippen LogP contribution >= 0.6 is 0 Å². The van der Waals surface area contributed by atoms with Crippen LogP contribution in [0.3, 0.4) is 0 Å². The molecule has 0 fully saturated rings. The minimum atomic E-state index is -0.453. The van der Waals surface area contributed by atoms with E-state index in [1.54, 1.807) is 70.9 Å². The number of ether oxygens (including phenoxy) is 3. The highest BCUT2D eigenvalue weighted by Gasteiger charge is 2.34. The molecule has 1 atom stereocenters. The lowest BCUT2D eigenvalue weighted by molar-refractivity contribution is -0.116. The van der Waals surface area contributed by atoms with Crippen molar-refractivity contribution in [3.05, 3.63) is 119 Å². The van der Waals surface area contributed by atoms with E-state index in [1.165, 1.54) is 7.11 Å². The number of anilines is 2. The molecule has 346 valence electrons. The Kier molecular flexibility index (Phi) is 14.0. The van der Waals surface area contributed by atoms with Gasteiger partial charge in [0.2, 0.25) is 5.91 Å². The largest absolute Gasteiger partial charge is 0.493 e. The topological polar surface area (TPSA) is 170 Å². The van der Waals surface area contributed by atoms with Crippen LogP contribution in [-0.2, 0) is 29.2 Å². The van der Waals surface area contributed by atoms with Crippen LogP contribution in [0.4, 0.5) is 17.1 Å². The number of rotatable bonds is 18. The fourth-order valence-electron chi connectivity index (χ4n) is 7.94. The number of nitrogens with zero attached hydrogens (tertiary/aromatic N) is 4. The summed E-state index contributed by atoms with van der Waals surface area (Å²) in [6.45, 7) is 9.32. The molecule has 4 amide bonds. The van der Waals surface area contributed by atoms with Gasteiger partial charge in [-0.15, -0.1) is 0 Å². The van der Waals surface area contributed by atoms with Gasteiger partial charge in [0, 0.05) is 88.3 Å². The molecule has 0 radical (unpaired) electrons. The lowest BCUT2D eigenvalue weighted by Crippen LogP contribution is -2.38. The molecule has 1 unspecified atom stereocenters. The molecular weight excluding hydrogens is 837 g/mol. The molecule has 0 spiro atoms. The van der Waals surface area contributed by atoms with Crippen molar-refractivity contribution < 1.29 is 33.4 Å². The number of hydrogen-bond donors (Lipinski definition) is 4. The van der Waals surface area contributed by atoms with Crippen molar-refractivity contribution in [1.29, 1.82) is 0 Å². The van der Waals surface area contributed by atoms with Gasteiger partial charge in [-0.25, -0.2) is 0 Å². The zero-order chi connectivity index (χ0) is 47.3. The first-order chi connectivity index (χ1) is 31.5. The quantitative estimate of drug-likeness (QED) is 0.0641. The second-order valence-electron chi connectivity index (χ2n) is 17.8. The van der Waals surface area contributed by atoms with E-state index in [4.69, 9.17) is 19.2 Å². The van der Waals surface area contributed by atoms with Gasteiger partial charge in [-0.3, -0.25) is 24.2 Å². The number of carbonyl (C=O) groups is 4. The Balaban J connectivity index is 0.900. The molecule has 2 aliphatic rings. The number of aliphatic imine (C=N–C) groups is 1. The van der Waals surface area contributed by atoms with Crippen LogP contribution in [0.25, 0.3) is 16.7 Å². The lowest BCUT2D eigenvalue weighted by Gasteiger charge is -2.30. The van der Waals surface area contributed by atoms with E-state index in [0.29, 0.717) is 65.0 Å². The Morgan fingerprint density at radius 1 is 0.788 bits per heavy atom. The Morgan fingerprint density at radius 3 is 2.18 bits per heavy atom. The van der Waals surface area contributed by atoms with Gasteiger partial charge >= 0.3 is 0 Å². The summed E-state index contributed by atoms with van der Waals surface area (Å²) in [5.41, 5.74) is 7.35. The number of nitrogens with one attached hydrogen (secondary N) is 4. The number of aryl methyl sites for hydroxylation is 2. The summed E-state index contributed by atoms with van der Waals surface area (Å²) in [5.74, 6) is -0.126. The normalized spacial score (nSPS) is 14.6. The van der Waals surface area contributed by atoms with Crippen molar-refractivity contribution in [2.24, 2.45) is 19.1 Å². The number of carbonyl (C=O) groups excluding carboxylic acids is 4. The van der Waals surface area contributed by atoms with Crippen molar-refractivity contribution in [3.63, 3.8) is 0 Å². The summed E-state index contributed by atoms with van der Waals surface area (Å²) in [4.78, 5) is 58.7. The number of hydrogen-bond acceptors (Lipinski definition) is 9. The van der Waals surface area contributed by atoms with E-state index in [2.05, 4.69) is 73.2 Å². The van der Waals surface area contributed by atoms with Gasteiger partial charge in [-0.2, -0.15) is 0 Å². The maximum atomic E-state index is 14.0. The monoisotopic (exact) mass is 896 g/mol. The maximum Gasteiger partial charge on any atom is 0.272 e. The van der Waals surface area contributed by atoms with Crippen molar-refractivity contribution in [2.75, 3.05) is 45.1 Å². The Labute approximate surface area is 386 Å². The molecule has 15 heteroatoms. The summed E-state index contributed by atoms with van der Waals surface area (Å²) in [5, 5.41) is 11.7. The Morgan fingerprint density at radius 2 is 1.48 bits per heavy atom. The van der Waals surface area contributed by atoms with Crippen LogP contribution in [0.1, 0.15) is 95.8 Å². The molecule has 0 aliphatic carbocycles. The highest BCUT2D eigenvalue weighted by Crippen LogP contribution is 2.40. The molecule has 15 nitrogen and oxygen atoms in total. The summed E-state index contributed by atoms with van der Waals surface area (Å²) in [6.07, 6.45) is 9.34. The number of benzene rings is 3. The number of aromatic nitrogens is 2. The van der Waals surface area contributed by atoms with Crippen LogP contribution in [0, 0.1) is 0 Å². The molecule has 3 aromatic carbocycles. The molecule has 5 aromatic rings. The third-order valence-electron chi connectivity index (χ3n) is 12.3. The first kappa shape index (κ1) is 47.0. The molecule has 0 saturated heterocycles. The molecule has 0 saturated carbocycles. The van der Waals surface area contributed by atoms with Crippen LogP contribution in [-0.4, -0.2) is 89.9 Å². The molecule has 2 aliphatic heterocycles. The summed E-state index contributed by atoms with van der Waals surface area (Å²) >= 11 is 0. The van der Waals surface area contributed by atoms with Crippen molar-refractivity contribution in [1.82, 2.24) is 24.7 Å². The van der Waals surface area contributed by atoms with Crippen molar-refractivity contribution in [3.8, 4) is 22.6 Å². The number of fused-ring (bicyclic) bond motifs is 2. The number of methoxy groups -OCH3 is 1. The summed E-state index contributed by atoms with van der Waals surface area (Å²) < 4.78 is 21.4. The minimum absolute atomic E-state index is 0.00256. The SMILES string of the molecule is CNC(=O)c1cc(-c2ccc(NC(=O)c3cc(NC(=O)CCCOc4cc5c(cc4OC)C(=O)N4C=C(c6ccc(C(C)(C)OCCC(C)(C)NC)cc6)CC4C=N5)cn3C)cc2)cn1C.